The quantitative estimate of drug-likeness (QED) is 0.0312. The van der Waals surface area contributed by atoms with Gasteiger partial charge in [-0.25, -0.2) is 0 Å². The topological polar surface area (TPSA) is 450 Å². The van der Waals surface area contributed by atoms with Gasteiger partial charge in [0.25, 0.3) is 11.8 Å². The first-order chi connectivity index (χ1) is 30.0. The highest BCUT2D eigenvalue weighted by molar-refractivity contribution is 8.77. The Balaban J connectivity index is 2.87. The fourth-order valence-corrected chi connectivity index (χ4v) is 9.24. The molecule has 0 aliphatic rings. The summed E-state index contributed by atoms with van der Waals surface area (Å²) in [4.78, 5) is 144. The Bertz CT molecular complexity index is 1770. The van der Waals surface area contributed by atoms with Gasteiger partial charge < -0.3 is 74.0 Å². The minimum Gasteiger partial charge on any atom is -0.480 e. The van der Waals surface area contributed by atoms with Gasteiger partial charge in [-0.3, -0.25) is 57.5 Å². The highest BCUT2D eigenvalue weighted by Crippen LogP contribution is 2.29. The molecule has 0 heterocycles. The van der Waals surface area contributed by atoms with E-state index in [1.807, 2.05) is 0 Å². The van der Waals surface area contributed by atoms with Gasteiger partial charge in [0.2, 0.25) is 23.6 Å². The third kappa shape index (κ3) is 23.0. The lowest BCUT2D eigenvalue weighted by Crippen LogP contribution is -2.49. The molecule has 0 spiro atoms. The summed E-state index contributed by atoms with van der Waals surface area (Å²) in [6.45, 7) is -2.58. The van der Waals surface area contributed by atoms with Crippen molar-refractivity contribution in [3.05, 3.63) is 35.4 Å². The van der Waals surface area contributed by atoms with Crippen molar-refractivity contribution in [2.45, 2.75) is 60.4 Å². The fraction of sp³-hybridized carbons (Fsp3) is 0.471. The average molecular weight is 983 g/mol. The third-order valence-electron chi connectivity index (χ3n) is 7.80. The Hall–Kier alpha value is -5.82. The summed E-state index contributed by atoms with van der Waals surface area (Å²) in [6, 6.07) is -0.442. The highest BCUT2D eigenvalue weighted by atomic mass is 33.1. The molecule has 1 rings (SSSR count). The first-order valence-electron chi connectivity index (χ1n) is 18.2. The van der Waals surface area contributed by atoms with E-state index >= 15 is 0 Å². The zero-order valence-electron chi connectivity index (χ0n) is 33.2. The van der Waals surface area contributed by atoms with Crippen molar-refractivity contribution in [1.82, 2.24) is 31.9 Å². The highest BCUT2D eigenvalue weighted by Gasteiger charge is 2.28. The molecule has 0 saturated heterocycles. The van der Waals surface area contributed by atoms with Crippen LogP contribution in [0, 0.1) is 0 Å². The largest absolute Gasteiger partial charge is 0.480 e. The summed E-state index contributed by atoms with van der Waals surface area (Å²) in [6.07, 6.45) is -1.35. The van der Waals surface area contributed by atoms with Gasteiger partial charge >= 0.3 is 35.8 Å². The van der Waals surface area contributed by atoms with Crippen LogP contribution in [0.15, 0.2) is 24.3 Å². The summed E-state index contributed by atoms with van der Waals surface area (Å²) in [7, 11) is 2.93. The maximum atomic E-state index is 13.0. The molecule has 6 amide bonds. The van der Waals surface area contributed by atoms with Gasteiger partial charge in [0.15, 0.2) is 0 Å². The zero-order chi connectivity index (χ0) is 48.5. The molecule has 6 unspecified atom stereocenters. The van der Waals surface area contributed by atoms with Gasteiger partial charge in [0.05, 0.1) is 0 Å². The number of hydrogen-bond donors (Lipinski definition) is 14. The Labute approximate surface area is 378 Å². The van der Waals surface area contributed by atoms with Crippen molar-refractivity contribution in [3.8, 4) is 0 Å². The number of benzene rings is 1. The van der Waals surface area contributed by atoms with Gasteiger partial charge in [-0.2, -0.15) is 0 Å². The molecule has 0 fully saturated rings. The summed E-state index contributed by atoms with van der Waals surface area (Å²) in [5.74, 6) is -14.0. The summed E-state index contributed by atoms with van der Waals surface area (Å²) < 4.78 is 0. The second-order valence-electron chi connectivity index (χ2n) is 12.8. The maximum absolute atomic E-state index is 13.0. The number of aliphatic carboxylic acids is 6. The van der Waals surface area contributed by atoms with E-state index in [2.05, 4.69) is 31.9 Å². The van der Waals surface area contributed by atoms with E-state index in [-0.39, 0.29) is 35.5 Å². The van der Waals surface area contributed by atoms with Gasteiger partial charge in [-0.1, -0.05) is 49.2 Å². The Morgan fingerprint density at radius 1 is 0.531 bits per heavy atom. The van der Waals surface area contributed by atoms with Gasteiger partial charge in [0, 0.05) is 48.6 Å². The van der Waals surface area contributed by atoms with E-state index in [9.17, 15) is 67.7 Å². The van der Waals surface area contributed by atoms with E-state index in [1.165, 1.54) is 18.2 Å². The Morgan fingerprint density at radius 2 is 0.891 bits per heavy atom. The molecule has 6 atom stereocenters. The lowest BCUT2D eigenvalue weighted by Gasteiger charge is -2.19. The monoisotopic (exact) mass is 982 g/mol. The predicted octanol–water partition coefficient (Wildman–Crippen LogP) is -3.43. The van der Waals surface area contributed by atoms with Crippen LogP contribution in [0.4, 0.5) is 0 Å². The molecule has 0 saturated carbocycles. The number of nitrogens with two attached hydrogens (primary N) is 2. The number of carbonyl (C=O) groups excluding carboxylic acids is 6. The van der Waals surface area contributed by atoms with Crippen LogP contribution < -0.4 is 43.4 Å². The molecule has 30 heteroatoms. The molecule has 1 aromatic rings. The molecule has 0 radical (unpaired) electrons. The van der Waals surface area contributed by atoms with Crippen LogP contribution in [0.3, 0.4) is 0 Å². The molecule has 0 aromatic heterocycles. The lowest BCUT2D eigenvalue weighted by molar-refractivity contribution is -0.140. The average Bonchev–Trinajstić information content (AvgIpc) is 3.23. The van der Waals surface area contributed by atoms with Crippen LogP contribution in [-0.2, 0) is 47.9 Å². The number of carboxylic acid groups (broad SMARTS) is 6. The van der Waals surface area contributed by atoms with E-state index < -0.39 is 145 Å². The normalized spacial score (nSPS) is 13.5. The minimum atomic E-state index is -1.39. The predicted molar refractivity (Wildman–Crippen MR) is 229 cm³/mol. The number of hydrogen-bond acceptors (Lipinski definition) is 18. The molecule has 26 nitrogen and oxygen atoms in total. The van der Waals surface area contributed by atoms with E-state index in [0.29, 0.717) is 21.6 Å². The van der Waals surface area contributed by atoms with Crippen molar-refractivity contribution in [2.75, 3.05) is 37.7 Å². The molecule has 64 heavy (non-hydrogen) atoms. The number of rotatable bonds is 32. The first kappa shape index (κ1) is 56.2. The molecule has 0 bridgehead atoms. The lowest BCUT2D eigenvalue weighted by atomic mass is 10.1. The molecular weight excluding hydrogens is 937 g/mol. The zero-order valence-corrected chi connectivity index (χ0v) is 36.5. The van der Waals surface area contributed by atoms with Crippen LogP contribution in [0.25, 0.3) is 0 Å². The Morgan fingerprint density at radius 3 is 1.20 bits per heavy atom. The molecule has 16 N–H and O–H groups in total. The van der Waals surface area contributed by atoms with Crippen LogP contribution in [0.2, 0.25) is 0 Å². The molecule has 354 valence electrons. The number of amides is 6. The summed E-state index contributed by atoms with van der Waals surface area (Å²) in [5.41, 5.74) is 10.6. The van der Waals surface area contributed by atoms with Crippen molar-refractivity contribution in [2.24, 2.45) is 11.5 Å². The van der Waals surface area contributed by atoms with Crippen LogP contribution in [0.5, 0.6) is 0 Å². The standard InChI is InChI=1S/C34H46N8O18S4/c35-17(31(53)54)4-6-23(43)41-19(29(51)39-11-25(45)46)13-61-63-21(33(57)58)9-37-27(49)15-2-1-3-16(8-15)28(50)38-10-22(34(59)60)64-62-14-20(30(52)40-12-26(47)48)42-24(44)7-5-18(36)32(55)56/h1-3,8,17-22H,4-7,9-14,35-36H2,(H,37,49)(H,38,50)(H,39,51)(H,40,52)(H,41,43)(H,42,44)(H,45,46)(H,47,48)(H,53,54)(H,55,56)(H,57,58)(H,59,60). The smallest absolute Gasteiger partial charge is 0.322 e. The van der Waals surface area contributed by atoms with Crippen molar-refractivity contribution >= 4 is 114 Å². The molecular formula is C34H46N8O18S4. The molecule has 1 aromatic carbocycles. The second-order valence-corrected chi connectivity index (χ2v) is 18.1. The van der Waals surface area contributed by atoms with Gasteiger partial charge in [-0.15, -0.1) is 0 Å². The Kier molecular flexibility index (Phi) is 25.9. The van der Waals surface area contributed by atoms with E-state index in [4.69, 9.17) is 31.9 Å². The SMILES string of the molecule is NC(CCC(=O)NC(CSSC(CNC(=O)c1cccc(C(=O)NCC(SSCC(NC(=O)CCC(N)C(=O)O)C(=O)NCC(=O)O)C(=O)O)c1)C(=O)O)C(=O)NCC(=O)O)C(=O)O. The first-order valence-corrected chi connectivity index (χ1v) is 23.0. The van der Waals surface area contributed by atoms with Crippen molar-refractivity contribution in [1.29, 1.82) is 0 Å². The summed E-state index contributed by atoms with van der Waals surface area (Å²) >= 11 is 0. The number of carboxylic acids is 6. The minimum absolute atomic E-state index is 0.103. The van der Waals surface area contributed by atoms with E-state index in [1.54, 1.807) is 0 Å². The number of nitrogens with one attached hydrogen (secondary N) is 6. The number of carbonyl (C=O) groups is 12. The fourth-order valence-electron chi connectivity index (χ4n) is 4.37. The second kappa shape index (κ2) is 29.5. The molecule has 0 aliphatic carbocycles. The third-order valence-corrected chi connectivity index (χ3v) is 13.2. The maximum Gasteiger partial charge on any atom is 0.322 e. The van der Waals surface area contributed by atoms with Crippen molar-refractivity contribution < 1.29 is 88.2 Å². The van der Waals surface area contributed by atoms with E-state index in [0.717, 1.165) is 27.7 Å². The molecule has 0 aliphatic heterocycles. The van der Waals surface area contributed by atoms with Crippen LogP contribution >= 0.6 is 43.2 Å². The van der Waals surface area contributed by atoms with Crippen LogP contribution in [-0.4, -0.2) is 174 Å². The van der Waals surface area contributed by atoms with Gasteiger partial charge in [-0.05, 0) is 31.0 Å². The van der Waals surface area contributed by atoms with Gasteiger partial charge in [0.1, 0.15) is 47.8 Å². The van der Waals surface area contributed by atoms with Crippen LogP contribution in [0.1, 0.15) is 46.4 Å². The summed E-state index contributed by atoms with van der Waals surface area (Å²) in [5, 5.41) is 66.0. The van der Waals surface area contributed by atoms with Crippen molar-refractivity contribution in [3.63, 3.8) is 0 Å².